The number of carbonyl (C=O) groups is 3. The van der Waals surface area contributed by atoms with Gasteiger partial charge in [0.2, 0.25) is 6.79 Å². The third kappa shape index (κ3) is 9.08. The van der Waals surface area contributed by atoms with Crippen LogP contribution in [-0.2, 0) is 23.9 Å². The average molecular weight is 371 g/mol. The molecule has 0 atom stereocenters. The Bertz CT molecular complexity index is 603. The van der Waals surface area contributed by atoms with Crippen LogP contribution in [0.3, 0.4) is 0 Å². The second-order valence-electron chi connectivity index (χ2n) is 5.05. The lowest BCUT2D eigenvalue weighted by Gasteiger charge is -2.09. The van der Waals surface area contributed by atoms with Crippen molar-refractivity contribution in [2.75, 3.05) is 13.4 Å². The predicted molar refractivity (Wildman–Crippen MR) is 84.0 cm³/mol. The van der Waals surface area contributed by atoms with Gasteiger partial charge in [-0.25, -0.2) is 4.79 Å². The molecule has 0 bridgehead atoms. The molecular formula is C16H21NO9. The van der Waals surface area contributed by atoms with Crippen LogP contribution in [0.4, 0.5) is 0 Å². The Morgan fingerprint density at radius 1 is 1.04 bits per heavy atom. The van der Waals surface area contributed by atoms with E-state index < -0.39 is 24.7 Å². The summed E-state index contributed by atoms with van der Waals surface area (Å²) >= 11 is 0. The summed E-state index contributed by atoms with van der Waals surface area (Å²) in [4.78, 5) is 38.8. The van der Waals surface area contributed by atoms with Crippen LogP contribution in [0.5, 0.6) is 5.75 Å². The van der Waals surface area contributed by atoms with E-state index in [0.717, 1.165) is 0 Å². The van der Waals surface area contributed by atoms with E-state index in [1.807, 2.05) is 0 Å². The van der Waals surface area contributed by atoms with E-state index in [2.05, 4.69) is 4.84 Å². The first-order valence-corrected chi connectivity index (χ1v) is 7.81. The summed E-state index contributed by atoms with van der Waals surface area (Å²) in [5, 5.41) is 16.2. The fourth-order valence-electron chi connectivity index (χ4n) is 1.87. The van der Waals surface area contributed by atoms with E-state index >= 15 is 0 Å². The van der Waals surface area contributed by atoms with Crippen molar-refractivity contribution in [3.63, 3.8) is 0 Å². The van der Waals surface area contributed by atoms with Crippen LogP contribution in [0.25, 0.3) is 0 Å². The number of hydrogen-bond acceptors (Lipinski definition) is 10. The highest BCUT2D eigenvalue weighted by Crippen LogP contribution is 2.19. The van der Waals surface area contributed by atoms with Gasteiger partial charge in [-0.3, -0.25) is 24.8 Å². The molecule has 0 saturated carbocycles. The number of benzene rings is 1. The monoisotopic (exact) mass is 371 g/mol. The van der Waals surface area contributed by atoms with Gasteiger partial charge in [0, 0.05) is 13.3 Å². The molecule has 0 amide bonds. The molecule has 0 unspecified atom stereocenters. The first-order chi connectivity index (χ1) is 12.4. The third-order valence-electron chi connectivity index (χ3n) is 3.00. The second kappa shape index (κ2) is 11.9. The normalized spacial score (nSPS) is 10.5. The summed E-state index contributed by atoms with van der Waals surface area (Å²) in [5.41, 5.74) is 0.0422. The first-order valence-electron chi connectivity index (χ1n) is 7.81. The number of ether oxygens (including phenoxy) is 3. The Kier molecular flexibility index (Phi) is 9.87. The lowest BCUT2D eigenvalue weighted by atomic mass is 10.2. The van der Waals surface area contributed by atoms with Crippen molar-refractivity contribution < 1.29 is 43.8 Å². The number of unbranched alkanes of at least 4 members (excludes halogenated alkanes) is 2. The number of hydrogen-bond donors (Lipinski definition) is 2. The van der Waals surface area contributed by atoms with Crippen molar-refractivity contribution in [3.8, 4) is 5.75 Å². The van der Waals surface area contributed by atoms with Gasteiger partial charge in [0.25, 0.3) is 0 Å². The van der Waals surface area contributed by atoms with Gasteiger partial charge in [0.15, 0.2) is 0 Å². The third-order valence-corrected chi connectivity index (χ3v) is 3.00. The maximum Gasteiger partial charge on any atom is 0.344 e. The minimum Gasteiger partial charge on any atom is -0.428 e. The molecule has 10 heteroatoms. The van der Waals surface area contributed by atoms with Crippen molar-refractivity contribution in [2.45, 2.75) is 32.6 Å². The van der Waals surface area contributed by atoms with Crippen molar-refractivity contribution in [2.24, 2.45) is 0 Å². The first kappa shape index (κ1) is 21.5. The molecule has 0 saturated heterocycles. The molecule has 1 aromatic rings. The van der Waals surface area contributed by atoms with Gasteiger partial charge in [0.1, 0.15) is 11.3 Å². The standard InChI is InChI=1S/C16H21NO9/c1-12(18)26-14-8-5-4-7-13(14)16(20)24-11-23-15(19)9-3-2-6-10-25-17(21)22/h4-5,7-8,21-22H,2-3,6,9-11H2,1H3. The van der Waals surface area contributed by atoms with E-state index in [-0.39, 0.29) is 29.7 Å². The van der Waals surface area contributed by atoms with Crippen LogP contribution in [0, 0.1) is 0 Å². The fourth-order valence-corrected chi connectivity index (χ4v) is 1.87. The minimum atomic E-state index is -0.788. The van der Waals surface area contributed by atoms with E-state index in [1.54, 1.807) is 12.1 Å². The minimum absolute atomic E-state index is 0.0422. The number of esters is 3. The SMILES string of the molecule is CC(=O)Oc1ccccc1C(=O)OCOC(=O)CCCCCON(O)O. The highest BCUT2D eigenvalue weighted by Gasteiger charge is 2.15. The molecule has 2 N–H and O–H groups in total. The number of nitrogens with zero attached hydrogens (tertiary/aromatic N) is 1. The zero-order valence-electron chi connectivity index (χ0n) is 14.3. The molecule has 1 aromatic carbocycles. The molecule has 0 fully saturated rings. The van der Waals surface area contributed by atoms with E-state index in [0.29, 0.717) is 19.3 Å². The Balaban J connectivity index is 2.25. The van der Waals surface area contributed by atoms with Gasteiger partial charge in [-0.15, -0.1) is 0 Å². The highest BCUT2D eigenvalue weighted by atomic mass is 17.1. The zero-order valence-corrected chi connectivity index (χ0v) is 14.3. The van der Waals surface area contributed by atoms with Gasteiger partial charge >= 0.3 is 17.9 Å². The van der Waals surface area contributed by atoms with Crippen LogP contribution >= 0.6 is 0 Å². The Hall–Kier alpha value is -2.53. The topological polar surface area (TPSA) is 132 Å². The smallest absolute Gasteiger partial charge is 0.344 e. The summed E-state index contributed by atoms with van der Waals surface area (Å²) in [6.45, 7) is 0.750. The van der Waals surface area contributed by atoms with Gasteiger partial charge in [-0.2, -0.15) is 0 Å². The van der Waals surface area contributed by atoms with Crippen LogP contribution in [0.15, 0.2) is 24.3 Å². The molecule has 0 aromatic heterocycles. The number of para-hydroxylation sites is 1. The van der Waals surface area contributed by atoms with Gasteiger partial charge in [0.05, 0.1) is 12.0 Å². The highest BCUT2D eigenvalue weighted by molar-refractivity contribution is 5.93. The van der Waals surface area contributed by atoms with Gasteiger partial charge < -0.3 is 14.2 Å². The Morgan fingerprint density at radius 3 is 2.46 bits per heavy atom. The largest absolute Gasteiger partial charge is 0.428 e. The zero-order chi connectivity index (χ0) is 19.4. The predicted octanol–water partition coefficient (Wildman–Crippen LogP) is 1.84. The second-order valence-corrected chi connectivity index (χ2v) is 5.05. The molecule has 0 aliphatic heterocycles. The van der Waals surface area contributed by atoms with Crippen LogP contribution < -0.4 is 4.74 Å². The molecule has 10 nitrogen and oxygen atoms in total. The fraction of sp³-hybridized carbons (Fsp3) is 0.438. The molecule has 144 valence electrons. The van der Waals surface area contributed by atoms with Crippen molar-refractivity contribution >= 4 is 17.9 Å². The molecular weight excluding hydrogens is 350 g/mol. The van der Waals surface area contributed by atoms with Crippen molar-refractivity contribution in [1.29, 1.82) is 0 Å². The number of carbonyl (C=O) groups excluding carboxylic acids is 3. The average Bonchev–Trinajstić information content (AvgIpc) is 2.57. The van der Waals surface area contributed by atoms with E-state index in [9.17, 15) is 14.4 Å². The lowest BCUT2D eigenvalue weighted by molar-refractivity contribution is -0.492. The maximum absolute atomic E-state index is 12.0. The molecule has 26 heavy (non-hydrogen) atoms. The van der Waals surface area contributed by atoms with Crippen LogP contribution in [0.1, 0.15) is 43.0 Å². The molecule has 0 aliphatic carbocycles. The van der Waals surface area contributed by atoms with Crippen molar-refractivity contribution in [3.05, 3.63) is 29.8 Å². The summed E-state index contributed by atoms with van der Waals surface area (Å²) < 4.78 is 14.5. The molecule has 0 aliphatic rings. The van der Waals surface area contributed by atoms with Crippen LogP contribution in [0.2, 0.25) is 0 Å². The molecule has 0 heterocycles. The van der Waals surface area contributed by atoms with E-state index in [4.69, 9.17) is 24.6 Å². The Labute approximate surface area is 149 Å². The molecule has 0 radical (unpaired) electrons. The van der Waals surface area contributed by atoms with Gasteiger partial charge in [-0.05, 0) is 25.0 Å². The summed E-state index contributed by atoms with van der Waals surface area (Å²) in [5.74, 6) is -1.85. The quantitative estimate of drug-likeness (QED) is 0.195. The van der Waals surface area contributed by atoms with Crippen LogP contribution in [-0.4, -0.2) is 47.1 Å². The summed E-state index contributed by atoms with van der Waals surface area (Å²) in [6.07, 6.45) is 1.75. The maximum atomic E-state index is 12.0. The van der Waals surface area contributed by atoms with Crippen molar-refractivity contribution in [1.82, 2.24) is 5.39 Å². The van der Waals surface area contributed by atoms with E-state index in [1.165, 1.54) is 19.1 Å². The Morgan fingerprint density at radius 2 is 1.77 bits per heavy atom. The summed E-state index contributed by atoms with van der Waals surface area (Å²) in [6, 6.07) is 6.04. The molecule has 1 rings (SSSR count). The van der Waals surface area contributed by atoms with Gasteiger partial charge in [-0.1, -0.05) is 18.6 Å². The lowest BCUT2D eigenvalue weighted by Crippen LogP contribution is -2.15. The molecule has 0 spiro atoms. The number of rotatable bonds is 11. The summed E-state index contributed by atoms with van der Waals surface area (Å²) in [7, 11) is 0.